The number of aromatic nitrogens is 3. The molecule has 7 heteroatoms. The van der Waals surface area contributed by atoms with Crippen LogP contribution in [0.5, 0.6) is 0 Å². The van der Waals surface area contributed by atoms with Crippen molar-refractivity contribution in [3.05, 3.63) is 46.5 Å². The van der Waals surface area contributed by atoms with Crippen LogP contribution in [-0.2, 0) is 6.54 Å². The van der Waals surface area contributed by atoms with Crippen LogP contribution in [0.4, 0.5) is 0 Å². The largest absolute Gasteiger partial charge is 0.331 e. The third-order valence-electron chi connectivity index (χ3n) is 2.84. The summed E-state index contributed by atoms with van der Waals surface area (Å²) in [6.07, 6.45) is 3.37. The van der Waals surface area contributed by atoms with Crippen molar-refractivity contribution in [1.82, 2.24) is 20.1 Å². The maximum absolute atomic E-state index is 12.2. The highest BCUT2D eigenvalue weighted by molar-refractivity contribution is 9.10. The monoisotopic (exact) mass is 347 g/mol. The van der Waals surface area contributed by atoms with E-state index >= 15 is 0 Å². The minimum atomic E-state index is -1.08. The number of halogens is 1. The standard InChI is InChI=1S/C14H14BrN5O/c1-10-4-3-5-12(18-10)13(21)19-14(2,8-16)9-20-7-11(15)6-17-20/h3-7H,9H2,1-2H3,(H,19,21)/t14-/m1/s1. The van der Waals surface area contributed by atoms with Crippen LogP contribution in [0.15, 0.2) is 35.1 Å². The Bertz CT molecular complexity index is 705. The average molecular weight is 348 g/mol. The number of hydrogen-bond acceptors (Lipinski definition) is 4. The minimum absolute atomic E-state index is 0.243. The van der Waals surface area contributed by atoms with Gasteiger partial charge in [-0.1, -0.05) is 6.07 Å². The van der Waals surface area contributed by atoms with E-state index in [0.29, 0.717) is 0 Å². The van der Waals surface area contributed by atoms with Crippen molar-refractivity contribution in [2.45, 2.75) is 25.9 Å². The van der Waals surface area contributed by atoms with Gasteiger partial charge in [0.2, 0.25) is 0 Å². The van der Waals surface area contributed by atoms with Crippen LogP contribution in [0, 0.1) is 18.3 Å². The molecule has 6 nitrogen and oxygen atoms in total. The van der Waals surface area contributed by atoms with Gasteiger partial charge in [-0.05, 0) is 41.9 Å². The first kappa shape index (κ1) is 15.2. The Morgan fingerprint density at radius 1 is 1.57 bits per heavy atom. The smallest absolute Gasteiger partial charge is 0.271 e. The van der Waals surface area contributed by atoms with Gasteiger partial charge >= 0.3 is 0 Å². The molecule has 0 saturated carbocycles. The minimum Gasteiger partial charge on any atom is -0.331 e. The second kappa shape index (κ2) is 6.06. The second-order valence-corrected chi connectivity index (χ2v) is 5.83. The van der Waals surface area contributed by atoms with Crippen molar-refractivity contribution in [2.75, 3.05) is 0 Å². The summed E-state index contributed by atoms with van der Waals surface area (Å²) in [5.41, 5.74) is -0.0380. The van der Waals surface area contributed by atoms with E-state index in [1.807, 2.05) is 13.0 Å². The summed E-state index contributed by atoms with van der Waals surface area (Å²) in [7, 11) is 0. The number of carbonyl (C=O) groups excluding carboxylic acids is 1. The Hall–Kier alpha value is -2.20. The molecule has 0 radical (unpaired) electrons. The zero-order valence-corrected chi connectivity index (χ0v) is 13.3. The van der Waals surface area contributed by atoms with Crippen LogP contribution in [0.1, 0.15) is 23.1 Å². The summed E-state index contributed by atoms with van der Waals surface area (Å²) in [4.78, 5) is 16.4. The van der Waals surface area contributed by atoms with Gasteiger partial charge in [0.15, 0.2) is 0 Å². The van der Waals surface area contributed by atoms with E-state index in [1.165, 1.54) is 0 Å². The van der Waals surface area contributed by atoms with Crippen molar-refractivity contribution >= 4 is 21.8 Å². The molecule has 0 spiro atoms. The molecular formula is C14H14BrN5O. The SMILES string of the molecule is Cc1cccc(C(=O)N[C@](C)(C#N)Cn2cc(Br)cn2)n1. The summed E-state index contributed by atoms with van der Waals surface area (Å²) in [6, 6.07) is 7.29. The number of rotatable bonds is 4. The lowest BCUT2D eigenvalue weighted by Crippen LogP contribution is -2.48. The Morgan fingerprint density at radius 3 is 2.90 bits per heavy atom. The Labute approximate surface area is 130 Å². The molecule has 2 aromatic heterocycles. The molecule has 0 aliphatic carbocycles. The van der Waals surface area contributed by atoms with E-state index in [2.05, 4.69) is 37.4 Å². The van der Waals surface area contributed by atoms with Gasteiger partial charge in [-0.3, -0.25) is 9.48 Å². The third-order valence-corrected chi connectivity index (χ3v) is 3.25. The molecule has 0 aliphatic heterocycles. The molecule has 0 aromatic carbocycles. The van der Waals surface area contributed by atoms with E-state index in [9.17, 15) is 10.1 Å². The van der Waals surface area contributed by atoms with Crippen molar-refractivity contribution in [3.63, 3.8) is 0 Å². The maximum atomic E-state index is 12.2. The average Bonchev–Trinajstić information content (AvgIpc) is 2.83. The number of nitriles is 1. The molecule has 21 heavy (non-hydrogen) atoms. The van der Waals surface area contributed by atoms with Crippen LogP contribution in [0.3, 0.4) is 0 Å². The number of nitrogens with one attached hydrogen (secondary N) is 1. The van der Waals surface area contributed by atoms with Gasteiger partial charge in [-0.2, -0.15) is 10.4 Å². The quantitative estimate of drug-likeness (QED) is 0.917. The molecule has 1 atom stereocenters. The molecule has 108 valence electrons. The maximum Gasteiger partial charge on any atom is 0.271 e. The van der Waals surface area contributed by atoms with Crippen LogP contribution in [0.25, 0.3) is 0 Å². The molecule has 2 aromatic rings. The highest BCUT2D eigenvalue weighted by Crippen LogP contribution is 2.12. The zero-order valence-electron chi connectivity index (χ0n) is 11.7. The van der Waals surface area contributed by atoms with Crippen molar-refractivity contribution in [2.24, 2.45) is 0 Å². The first-order valence-corrected chi connectivity index (χ1v) is 7.06. The summed E-state index contributed by atoms with van der Waals surface area (Å²) in [5, 5.41) is 16.2. The van der Waals surface area contributed by atoms with Gasteiger partial charge in [0, 0.05) is 11.9 Å². The molecule has 0 fully saturated rings. The van der Waals surface area contributed by atoms with Gasteiger partial charge in [-0.25, -0.2) is 4.98 Å². The molecule has 0 saturated heterocycles. The van der Waals surface area contributed by atoms with Crippen LogP contribution in [-0.4, -0.2) is 26.2 Å². The predicted molar refractivity (Wildman–Crippen MR) is 80.4 cm³/mol. The molecular weight excluding hydrogens is 334 g/mol. The number of pyridine rings is 1. The third kappa shape index (κ3) is 3.89. The van der Waals surface area contributed by atoms with E-state index in [-0.39, 0.29) is 18.1 Å². The van der Waals surface area contributed by atoms with Crippen molar-refractivity contribution in [3.8, 4) is 6.07 Å². The molecule has 1 amide bonds. The summed E-state index contributed by atoms with van der Waals surface area (Å²) in [6.45, 7) is 3.70. The van der Waals surface area contributed by atoms with E-state index in [1.54, 1.807) is 36.1 Å². The van der Waals surface area contributed by atoms with E-state index in [4.69, 9.17) is 0 Å². The zero-order chi connectivity index (χ0) is 15.5. The fraction of sp³-hybridized carbons (Fsp3) is 0.286. The lowest BCUT2D eigenvalue weighted by atomic mass is 10.0. The Morgan fingerprint density at radius 2 is 2.33 bits per heavy atom. The lowest BCUT2D eigenvalue weighted by molar-refractivity contribution is 0.0912. The fourth-order valence-electron chi connectivity index (χ4n) is 1.84. The normalized spacial score (nSPS) is 13.2. The van der Waals surface area contributed by atoms with Gasteiger partial charge < -0.3 is 5.32 Å². The molecule has 0 aliphatic rings. The first-order valence-electron chi connectivity index (χ1n) is 6.27. The highest BCUT2D eigenvalue weighted by atomic mass is 79.9. The first-order chi connectivity index (χ1) is 9.92. The fourth-order valence-corrected chi connectivity index (χ4v) is 2.16. The van der Waals surface area contributed by atoms with Gasteiger partial charge in [0.1, 0.15) is 11.2 Å². The Balaban J connectivity index is 2.14. The Kier molecular flexibility index (Phi) is 4.38. The number of nitrogens with zero attached hydrogens (tertiary/aromatic N) is 4. The number of hydrogen-bond donors (Lipinski definition) is 1. The van der Waals surface area contributed by atoms with E-state index < -0.39 is 5.54 Å². The molecule has 1 N–H and O–H groups in total. The summed E-state index contributed by atoms with van der Waals surface area (Å²) in [5.74, 6) is -0.381. The lowest BCUT2D eigenvalue weighted by Gasteiger charge is -2.23. The van der Waals surface area contributed by atoms with Crippen LogP contribution < -0.4 is 5.32 Å². The molecule has 0 bridgehead atoms. The highest BCUT2D eigenvalue weighted by Gasteiger charge is 2.28. The second-order valence-electron chi connectivity index (χ2n) is 4.92. The van der Waals surface area contributed by atoms with Gasteiger partial charge in [0.05, 0.1) is 23.3 Å². The number of carbonyl (C=O) groups is 1. The van der Waals surface area contributed by atoms with Gasteiger partial charge in [-0.15, -0.1) is 0 Å². The number of amides is 1. The van der Waals surface area contributed by atoms with Crippen LogP contribution in [0.2, 0.25) is 0 Å². The topological polar surface area (TPSA) is 83.6 Å². The van der Waals surface area contributed by atoms with E-state index in [0.717, 1.165) is 10.2 Å². The molecule has 0 unspecified atom stereocenters. The van der Waals surface area contributed by atoms with Gasteiger partial charge in [0.25, 0.3) is 5.91 Å². The van der Waals surface area contributed by atoms with Crippen LogP contribution >= 0.6 is 15.9 Å². The molecule has 2 heterocycles. The molecule has 2 rings (SSSR count). The number of aryl methyl sites for hydroxylation is 1. The summed E-state index contributed by atoms with van der Waals surface area (Å²) < 4.78 is 2.41. The van der Waals surface area contributed by atoms with Crippen molar-refractivity contribution in [1.29, 1.82) is 5.26 Å². The van der Waals surface area contributed by atoms with Crippen molar-refractivity contribution < 1.29 is 4.79 Å². The summed E-state index contributed by atoms with van der Waals surface area (Å²) >= 11 is 3.29. The predicted octanol–water partition coefficient (Wildman–Crippen LogP) is 2.06.